The molecule has 0 saturated carbocycles. The van der Waals surface area contributed by atoms with Crippen LogP contribution in [-0.2, 0) is 24.1 Å². The normalized spacial score (nSPS) is 11.4. The van der Waals surface area contributed by atoms with E-state index in [2.05, 4.69) is 0 Å². The maximum absolute atomic E-state index is 12.7. The van der Waals surface area contributed by atoms with Crippen LogP contribution in [0.25, 0.3) is 0 Å². The number of nitrogens with zero attached hydrogens (tertiary/aromatic N) is 2. The monoisotopic (exact) mass is 338 g/mol. The molecule has 2 aromatic rings. The lowest BCUT2D eigenvalue weighted by Crippen LogP contribution is -2.33. The van der Waals surface area contributed by atoms with Gasteiger partial charge in [0.1, 0.15) is 6.54 Å². The summed E-state index contributed by atoms with van der Waals surface area (Å²) in [5.74, 6) is -0.445. The van der Waals surface area contributed by atoms with Crippen molar-refractivity contribution in [3.8, 4) is 0 Å². The first-order valence-corrected chi connectivity index (χ1v) is 7.24. The van der Waals surface area contributed by atoms with Gasteiger partial charge in [0.2, 0.25) is 5.91 Å². The number of rotatable bonds is 4. The maximum Gasteiger partial charge on any atom is 0.417 e. The van der Waals surface area contributed by atoms with Gasteiger partial charge in [-0.15, -0.1) is 0 Å². The molecular weight excluding hydrogens is 321 g/mol. The minimum absolute atomic E-state index is 0.319. The van der Waals surface area contributed by atoms with Gasteiger partial charge in [-0.05, 0) is 24.1 Å². The molecule has 0 unspecified atom stereocenters. The van der Waals surface area contributed by atoms with Crippen LogP contribution in [0.4, 0.5) is 13.2 Å². The highest BCUT2D eigenvalue weighted by atomic mass is 19.4. The van der Waals surface area contributed by atoms with Crippen LogP contribution in [0.3, 0.4) is 0 Å². The summed E-state index contributed by atoms with van der Waals surface area (Å²) < 4.78 is 38.9. The number of hydrogen-bond donors (Lipinski definition) is 0. The second-order valence-corrected chi connectivity index (χ2v) is 5.56. The van der Waals surface area contributed by atoms with Gasteiger partial charge in [0.25, 0.3) is 5.56 Å². The standard InChI is InChI=1S/C17H17F3N2O2/c1-12-5-3-4-6-13(12)9-21(2)16(24)11-22-10-14(17(18,19)20)7-8-15(22)23/h3-8,10H,9,11H2,1-2H3. The summed E-state index contributed by atoms with van der Waals surface area (Å²) in [6.45, 7) is 1.79. The number of aryl methyl sites for hydroxylation is 1. The predicted octanol–water partition coefficient (Wildman–Crippen LogP) is 2.83. The SMILES string of the molecule is Cc1ccccc1CN(C)C(=O)Cn1cc(C(F)(F)F)ccc1=O. The fourth-order valence-corrected chi connectivity index (χ4v) is 2.22. The lowest BCUT2D eigenvalue weighted by Gasteiger charge is -2.19. The fourth-order valence-electron chi connectivity index (χ4n) is 2.22. The Kier molecular flexibility index (Phi) is 5.11. The maximum atomic E-state index is 12.7. The van der Waals surface area contributed by atoms with E-state index in [4.69, 9.17) is 0 Å². The van der Waals surface area contributed by atoms with E-state index in [0.29, 0.717) is 18.8 Å². The lowest BCUT2D eigenvalue weighted by molar-refractivity contribution is -0.138. The molecule has 2 rings (SSSR count). The molecule has 1 heterocycles. The highest BCUT2D eigenvalue weighted by molar-refractivity contribution is 5.75. The molecule has 1 amide bonds. The molecule has 1 aromatic carbocycles. The van der Waals surface area contributed by atoms with E-state index in [1.54, 1.807) is 7.05 Å². The van der Waals surface area contributed by atoms with Crippen LogP contribution in [0, 0.1) is 6.92 Å². The van der Waals surface area contributed by atoms with Crippen molar-refractivity contribution in [3.63, 3.8) is 0 Å². The van der Waals surface area contributed by atoms with Crippen LogP contribution in [0.15, 0.2) is 47.4 Å². The molecule has 7 heteroatoms. The quantitative estimate of drug-likeness (QED) is 0.860. The minimum Gasteiger partial charge on any atom is -0.340 e. The zero-order valence-electron chi connectivity index (χ0n) is 13.3. The molecule has 0 aliphatic heterocycles. The summed E-state index contributed by atoms with van der Waals surface area (Å²) in [5.41, 5.74) is 0.329. The van der Waals surface area contributed by atoms with Crippen molar-refractivity contribution in [2.75, 3.05) is 7.05 Å². The zero-order valence-corrected chi connectivity index (χ0v) is 13.3. The summed E-state index contributed by atoms with van der Waals surface area (Å²) >= 11 is 0. The highest BCUT2D eigenvalue weighted by Gasteiger charge is 2.31. The fraction of sp³-hybridized carbons (Fsp3) is 0.294. The summed E-state index contributed by atoms with van der Waals surface area (Å²) in [6.07, 6.45) is -3.90. The van der Waals surface area contributed by atoms with Crippen molar-refractivity contribution in [2.45, 2.75) is 26.2 Å². The Morgan fingerprint density at radius 1 is 1.17 bits per heavy atom. The van der Waals surface area contributed by atoms with Gasteiger partial charge in [0, 0.05) is 25.9 Å². The van der Waals surface area contributed by atoms with E-state index in [0.717, 1.165) is 21.8 Å². The van der Waals surface area contributed by atoms with Crippen LogP contribution in [0.5, 0.6) is 0 Å². The topological polar surface area (TPSA) is 42.3 Å². The molecule has 0 atom stereocenters. The van der Waals surface area contributed by atoms with Gasteiger partial charge < -0.3 is 9.47 Å². The van der Waals surface area contributed by atoms with E-state index in [1.807, 2.05) is 31.2 Å². The van der Waals surface area contributed by atoms with Crippen LogP contribution in [-0.4, -0.2) is 22.4 Å². The Balaban J connectivity index is 2.14. The van der Waals surface area contributed by atoms with Gasteiger partial charge in [0.05, 0.1) is 5.56 Å². The van der Waals surface area contributed by atoms with Gasteiger partial charge in [-0.3, -0.25) is 9.59 Å². The first kappa shape index (κ1) is 17.8. The van der Waals surface area contributed by atoms with Crippen LogP contribution >= 0.6 is 0 Å². The van der Waals surface area contributed by atoms with Crippen molar-refractivity contribution >= 4 is 5.91 Å². The average molecular weight is 338 g/mol. The Bertz CT molecular complexity index is 797. The number of halogens is 3. The first-order chi connectivity index (χ1) is 11.2. The summed E-state index contributed by atoms with van der Waals surface area (Å²) in [4.78, 5) is 25.3. The molecule has 0 bridgehead atoms. The Morgan fingerprint density at radius 2 is 1.83 bits per heavy atom. The Morgan fingerprint density at radius 3 is 2.46 bits per heavy atom. The third-order valence-corrected chi connectivity index (χ3v) is 3.71. The van der Waals surface area contributed by atoms with Crippen LogP contribution in [0.2, 0.25) is 0 Å². The molecule has 0 spiro atoms. The van der Waals surface area contributed by atoms with Gasteiger partial charge >= 0.3 is 6.18 Å². The number of pyridine rings is 1. The summed E-state index contributed by atoms with van der Waals surface area (Å²) in [5, 5.41) is 0. The van der Waals surface area contributed by atoms with E-state index in [-0.39, 0.29) is 0 Å². The molecule has 0 N–H and O–H groups in total. The highest BCUT2D eigenvalue weighted by Crippen LogP contribution is 2.28. The average Bonchev–Trinajstić information content (AvgIpc) is 2.50. The molecule has 1 aromatic heterocycles. The lowest BCUT2D eigenvalue weighted by atomic mass is 10.1. The second kappa shape index (κ2) is 6.90. The van der Waals surface area contributed by atoms with Crippen LogP contribution < -0.4 is 5.56 Å². The predicted molar refractivity (Wildman–Crippen MR) is 83.4 cm³/mol. The van der Waals surface area contributed by atoms with Crippen molar-refractivity contribution in [3.05, 3.63) is 69.6 Å². The number of likely N-dealkylation sites (N-methyl/N-ethyl adjacent to an activating group) is 1. The number of amides is 1. The molecule has 0 fully saturated rings. The molecule has 24 heavy (non-hydrogen) atoms. The van der Waals surface area contributed by atoms with Gasteiger partial charge in [0.15, 0.2) is 0 Å². The third kappa shape index (κ3) is 4.24. The minimum atomic E-state index is -4.56. The first-order valence-electron chi connectivity index (χ1n) is 7.24. The van der Waals surface area contributed by atoms with Crippen molar-refractivity contribution in [1.29, 1.82) is 0 Å². The zero-order chi connectivity index (χ0) is 17.9. The van der Waals surface area contributed by atoms with E-state index in [1.165, 1.54) is 4.90 Å². The molecule has 0 aliphatic carbocycles. The Hall–Kier alpha value is -2.57. The van der Waals surface area contributed by atoms with Gasteiger partial charge in [-0.1, -0.05) is 24.3 Å². The second-order valence-electron chi connectivity index (χ2n) is 5.56. The number of hydrogen-bond acceptors (Lipinski definition) is 2. The molecule has 0 saturated heterocycles. The number of benzene rings is 1. The largest absolute Gasteiger partial charge is 0.417 e. The number of aromatic nitrogens is 1. The third-order valence-electron chi connectivity index (χ3n) is 3.71. The number of alkyl halides is 3. The molecular formula is C17H17F3N2O2. The summed E-state index contributed by atoms with van der Waals surface area (Å²) in [6, 6.07) is 9.03. The van der Waals surface area contributed by atoms with Crippen molar-refractivity contribution in [1.82, 2.24) is 9.47 Å². The summed E-state index contributed by atoms with van der Waals surface area (Å²) in [7, 11) is 1.55. The van der Waals surface area contributed by atoms with Crippen molar-refractivity contribution < 1.29 is 18.0 Å². The molecule has 0 aliphatic rings. The van der Waals surface area contributed by atoms with Crippen molar-refractivity contribution in [2.24, 2.45) is 0 Å². The number of carbonyl (C=O) groups is 1. The Labute approximate surface area is 137 Å². The van der Waals surface area contributed by atoms with Gasteiger partial charge in [-0.25, -0.2) is 0 Å². The number of carbonyl (C=O) groups excluding carboxylic acids is 1. The van der Waals surface area contributed by atoms with E-state index in [9.17, 15) is 22.8 Å². The van der Waals surface area contributed by atoms with Crippen LogP contribution in [0.1, 0.15) is 16.7 Å². The van der Waals surface area contributed by atoms with E-state index < -0.39 is 29.8 Å². The van der Waals surface area contributed by atoms with E-state index >= 15 is 0 Å². The molecule has 4 nitrogen and oxygen atoms in total. The smallest absolute Gasteiger partial charge is 0.340 e. The van der Waals surface area contributed by atoms with Gasteiger partial charge in [-0.2, -0.15) is 13.2 Å². The molecule has 128 valence electrons. The molecule has 0 radical (unpaired) electrons.